The lowest BCUT2D eigenvalue weighted by atomic mass is 10.1. The Morgan fingerprint density at radius 1 is 1.39 bits per heavy atom. The highest BCUT2D eigenvalue weighted by Crippen LogP contribution is 2.54. The van der Waals surface area contributed by atoms with E-state index in [2.05, 4.69) is 12.0 Å². The second-order valence-electron chi connectivity index (χ2n) is 5.12. The molecule has 1 saturated carbocycles. The number of aromatic nitrogens is 2. The lowest BCUT2D eigenvalue weighted by Gasteiger charge is -2.06. The first-order chi connectivity index (χ1) is 8.74. The Bertz CT molecular complexity index is 534. The van der Waals surface area contributed by atoms with Crippen molar-refractivity contribution in [2.45, 2.75) is 31.8 Å². The summed E-state index contributed by atoms with van der Waals surface area (Å²) in [6.45, 7) is 2.16. The van der Waals surface area contributed by atoms with E-state index >= 15 is 0 Å². The van der Waals surface area contributed by atoms with Crippen molar-refractivity contribution >= 4 is 0 Å². The third-order valence-electron chi connectivity index (χ3n) is 3.81. The van der Waals surface area contributed by atoms with Crippen molar-refractivity contribution in [3.05, 3.63) is 48.3 Å². The van der Waals surface area contributed by atoms with E-state index in [9.17, 15) is 5.11 Å². The Morgan fingerprint density at radius 3 is 2.89 bits per heavy atom. The van der Waals surface area contributed by atoms with Gasteiger partial charge in [0.25, 0.3) is 0 Å². The lowest BCUT2D eigenvalue weighted by Crippen LogP contribution is -2.07. The van der Waals surface area contributed by atoms with E-state index in [4.69, 9.17) is 0 Å². The van der Waals surface area contributed by atoms with Crippen LogP contribution < -0.4 is 0 Å². The summed E-state index contributed by atoms with van der Waals surface area (Å²) < 4.78 is 1.83. The van der Waals surface area contributed by atoms with Gasteiger partial charge in [-0.2, -0.15) is 5.10 Å². The minimum atomic E-state index is -0.622. The van der Waals surface area contributed by atoms with Gasteiger partial charge in [-0.1, -0.05) is 31.5 Å². The van der Waals surface area contributed by atoms with E-state index in [1.807, 2.05) is 41.2 Å². The molecule has 0 saturated heterocycles. The van der Waals surface area contributed by atoms with E-state index in [-0.39, 0.29) is 0 Å². The van der Waals surface area contributed by atoms with Crippen molar-refractivity contribution < 1.29 is 5.11 Å². The standard InChI is InChI=1S/C15H18N2O/c1-2-6-12-9-15(12,18)13-10-16-17(11-13)14-7-4-3-5-8-14/h3-5,7-8,10-12,18H,2,6,9H2,1H3. The second-order valence-corrected chi connectivity index (χ2v) is 5.12. The first-order valence-electron chi connectivity index (χ1n) is 6.57. The molecule has 0 amide bonds. The highest BCUT2D eigenvalue weighted by Gasteiger charge is 2.53. The highest BCUT2D eigenvalue weighted by molar-refractivity contribution is 5.33. The van der Waals surface area contributed by atoms with Crippen LogP contribution in [0, 0.1) is 5.92 Å². The van der Waals surface area contributed by atoms with E-state index in [1.165, 1.54) is 0 Å². The average molecular weight is 242 g/mol. The molecule has 2 atom stereocenters. The van der Waals surface area contributed by atoms with Crippen LogP contribution in [0.4, 0.5) is 0 Å². The van der Waals surface area contributed by atoms with Gasteiger partial charge >= 0.3 is 0 Å². The van der Waals surface area contributed by atoms with Gasteiger partial charge in [-0.25, -0.2) is 4.68 Å². The maximum Gasteiger partial charge on any atom is 0.0960 e. The van der Waals surface area contributed by atoms with Crippen molar-refractivity contribution in [3.63, 3.8) is 0 Å². The molecule has 0 spiro atoms. The summed E-state index contributed by atoms with van der Waals surface area (Å²) in [6, 6.07) is 9.99. The molecule has 94 valence electrons. The van der Waals surface area contributed by atoms with E-state index in [1.54, 1.807) is 6.20 Å². The smallest absolute Gasteiger partial charge is 0.0960 e. The first kappa shape index (κ1) is 11.5. The topological polar surface area (TPSA) is 38.1 Å². The zero-order valence-electron chi connectivity index (χ0n) is 10.6. The van der Waals surface area contributed by atoms with Crippen molar-refractivity contribution in [2.75, 3.05) is 0 Å². The summed E-state index contributed by atoms with van der Waals surface area (Å²) in [5.74, 6) is 0.413. The normalized spacial score (nSPS) is 26.2. The molecular formula is C15H18N2O. The number of hydrogen-bond donors (Lipinski definition) is 1. The van der Waals surface area contributed by atoms with Gasteiger partial charge in [-0.15, -0.1) is 0 Å². The fraction of sp³-hybridized carbons (Fsp3) is 0.400. The predicted octanol–water partition coefficient (Wildman–Crippen LogP) is 2.88. The summed E-state index contributed by atoms with van der Waals surface area (Å²) in [5, 5.41) is 14.8. The third kappa shape index (κ3) is 1.85. The van der Waals surface area contributed by atoms with Crippen LogP contribution in [-0.2, 0) is 5.60 Å². The van der Waals surface area contributed by atoms with E-state index in [0.29, 0.717) is 5.92 Å². The van der Waals surface area contributed by atoms with Gasteiger partial charge < -0.3 is 5.11 Å². The fourth-order valence-electron chi connectivity index (χ4n) is 2.63. The van der Waals surface area contributed by atoms with Crippen molar-refractivity contribution in [3.8, 4) is 5.69 Å². The van der Waals surface area contributed by atoms with Crippen LogP contribution in [-0.4, -0.2) is 14.9 Å². The molecule has 3 rings (SSSR count). The van der Waals surface area contributed by atoms with Gasteiger partial charge in [0.2, 0.25) is 0 Å². The van der Waals surface area contributed by atoms with Crippen molar-refractivity contribution in [2.24, 2.45) is 5.92 Å². The fourth-order valence-corrected chi connectivity index (χ4v) is 2.63. The molecule has 1 aliphatic rings. The van der Waals surface area contributed by atoms with Crippen LogP contribution in [0.3, 0.4) is 0 Å². The Labute approximate surface area is 107 Å². The van der Waals surface area contributed by atoms with Crippen LogP contribution in [0.15, 0.2) is 42.7 Å². The zero-order valence-corrected chi connectivity index (χ0v) is 10.6. The van der Waals surface area contributed by atoms with Crippen LogP contribution in [0.25, 0.3) is 5.69 Å². The third-order valence-corrected chi connectivity index (χ3v) is 3.81. The second kappa shape index (κ2) is 4.25. The molecule has 3 nitrogen and oxygen atoms in total. The molecule has 0 bridgehead atoms. The van der Waals surface area contributed by atoms with Gasteiger partial charge in [0.1, 0.15) is 0 Å². The predicted molar refractivity (Wildman–Crippen MR) is 70.5 cm³/mol. The zero-order chi connectivity index (χ0) is 12.6. The molecule has 1 N–H and O–H groups in total. The molecule has 2 unspecified atom stereocenters. The van der Waals surface area contributed by atoms with Gasteiger partial charge in [0.15, 0.2) is 0 Å². The van der Waals surface area contributed by atoms with Gasteiger partial charge in [-0.3, -0.25) is 0 Å². The minimum Gasteiger partial charge on any atom is -0.385 e. The maximum absolute atomic E-state index is 10.5. The Balaban J connectivity index is 1.83. The van der Waals surface area contributed by atoms with Gasteiger partial charge in [0.05, 0.1) is 17.5 Å². The summed E-state index contributed by atoms with van der Waals surface area (Å²) in [6.07, 6.45) is 6.84. The SMILES string of the molecule is CCCC1CC1(O)c1cnn(-c2ccccc2)c1. The molecule has 3 heteroatoms. The minimum absolute atomic E-state index is 0.413. The molecule has 0 aliphatic heterocycles. The summed E-state index contributed by atoms with van der Waals surface area (Å²) >= 11 is 0. The molecular weight excluding hydrogens is 224 g/mol. The highest BCUT2D eigenvalue weighted by atomic mass is 16.3. The van der Waals surface area contributed by atoms with Crippen LogP contribution >= 0.6 is 0 Å². The van der Waals surface area contributed by atoms with E-state index < -0.39 is 5.60 Å². The van der Waals surface area contributed by atoms with Gasteiger partial charge in [0, 0.05) is 11.8 Å². The molecule has 18 heavy (non-hydrogen) atoms. The average Bonchev–Trinajstić information content (AvgIpc) is 2.86. The largest absolute Gasteiger partial charge is 0.385 e. The van der Waals surface area contributed by atoms with Crippen LogP contribution in [0.5, 0.6) is 0 Å². The lowest BCUT2D eigenvalue weighted by molar-refractivity contribution is 0.129. The quantitative estimate of drug-likeness (QED) is 0.895. The van der Waals surface area contributed by atoms with Crippen LogP contribution in [0.2, 0.25) is 0 Å². The number of hydrogen-bond acceptors (Lipinski definition) is 2. The Morgan fingerprint density at radius 2 is 2.17 bits per heavy atom. The number of aliphatic hydroxyl groups is 1. The number of para-hydroxylation sites is 1. The number of benzene rings is 1. The van der Waals surface area contributed by atoms with E-state index in [0.717, 1.165) is 30.5 Å². The maximum atomic E-state index is 10.5. The number of rotatable bonds is 4. The molecule has 2 aromatic rings. The van der Waals surface area contributed by atoms with Gasteiger partial charge in [-0.05, 0) is 30.9 Å². The van der Waals surface area contributed by atoms with Crippen LogP contribution in [0.1, 0.15) is 31.7 Å². The Hall–Kier alpha value is -1.61. The number of nitrogens with zero attached hydrogens (tertiary/aromatic N) is 2. The molecule has 1 aliphatic carbocycles. The molecule has 1 aromatic heterocycles. The van der Waals surface area contributed by atoms with Crippen molar-refractivity contribution in [1.29, 1.82) is 0 Å². The van der Waals surface area contributed by atoms with Crippen molar-refractivity contribution in [1.82, 2.24) is 9.78 Å². The Kier molecular flexibility index (Phi) is 2.71. The molecule has 1 heterocycles. The monoisotopic (exact) mass is 242 g/mol. The summed E-state index contributed by atoms with van der Waals surface area (Å²) in [4.78, 5) is 0. The molecule has 1 aromatic carbocycles. The summed E-state index contributed by atoms with van der Waals surface area (Å²) in [7, 11) is 0. The molecule has 0 radical (unpaired) electrons. The molecule has 1 fully saturated rings. The summed E-state index contributed by atoms with van der Waals surface area (Å²) in [5.41, 5.74) is 1.35. The first-order valence-corrected chi connectivity index (χ1v) is 6.57.